The minimum Gasteiger partial charge on any atom is -0.423 e. The van der Waals surface area contributed by atoms with Gasteiger partial charge < -0.3 is 9.73 Å². The second kappa shape index (κ2) is 4.99. The molecule has 0 bridgehead atoms. The number of hydrogen-bond donors (Lipinski definition) is 1. The van der Waals surface area contributed by atoms with Gasteiger partial charge in [0.25, 0.3) is 5.91 Å². The van der Waals surface area contributed by atoms with Crippen molar-refractivity contribution in [3.63, 3.8) is 0 Å². The van der Waals surface area contributed by atoms with E-state index in [1.54, 1.807) is 35.2 Å². The van der Waals surface area contributed by atoms with E-state index < -0.39 is 0 Å². The molecule has 2 heterocycles. The number of amides is 1. The molecule has 0 unspecified atom stereocenters. The minimum atomic E-state index is -0.230. The highest BCUT2D eigenvalue weighted by Crippen LogP contribution is 2.19. The first kappa shape index (κ1) is 11.5. The van der Waals surface area contributed by atoms with Crippen molar-refractivity contribution in [3.8, 4) is 11.5 Å². The summed E-state index contributed by atoms with van der Waals surface area (Å²) in [5.41, 5.74) is 3.50. The first-order valence-corrected chi connectivity index (χ1v) is 6.33. The average Bonchev–Trinajstić information content (AvgIpc) is 3.13. The van der Waals surface area contributed by atoms with Crippen LogP contribution in [-0.2, 0) is 0 Å². The Morgan fingerprint density at radius 3 is 2.74 bits per heavy atom. The van der Waals surface area contributed by atoms with Gasteiger partial charge in [-0.05, 0) is 24.3 Å². The van der Waals surface area contributed by atoms with Crippen molar-refractivity contribution in [1.29, 1.82) is 0 Å². The zero-order valence-electron chi connectivity index (χ0n) is 9.61. The van der Waals surface area contributed by atoms with Crippen LogP contribution in [0.15, 0.2) is 46.0 Å². The fourth-order valence-electron chi connectivity index (χ4n) is 1.51. The van der Waals surface area contributed by atoms with Crippen molar-refractivity contribution in [2.75, 3.05) is 5.32 Å². The molecule has 6 nitrogen and oxygen atoms in total. The van der Waals surface area contributed by atoms with E-state index >= 15 is 0 Å². The molecule has 3 rings (SSSR count). The summed E-state index contributed by atoms with van der Waals surface area (Å²) in [4.78, 5) is 15.7. The minimum absolute atomic E-state index is 0.230. The summed E-state index contributed by atoms with van der Waals surface area (Å²) in [7, 11) is 0. The Balaban J connectivity index is 1.75. The van der Waals surface area contributed by atoms with Crippen molar-refractivity contribution in [3.05, 3.63) is 47.2 Å². The second-order valence-electron chi connectivity index (χ2n) is 3.65. The number of benzene rings is 1. The molecule has 0 atom stereocenters. The van der Waals surface area contributed by atoms with Crippen molar-refractivity contribution in [1.82, 2.24) is 15.2 Å². The van der Waals surface area contributed by atoms with E-state index in [0.29, 0.717) is 17.3 Å². The molecule has 1 aromatic carbocycles. The predicted molar refractivity (Wildman–Crippen MR) is 69.8 cm³/mol. The molecule has 3 aromatic rings. The number of carbonyl (C=O) groups is 1. The molecule has 94 valence electrons. The first-order chi connectivity index (χ1) is 9.33. The van der Waals surface area contributed by atoms with Gasteiger partial charge in [-0.25, -0.2) is 4.98 Å². The number of rotatable bonds is 3. The predicted octanol–water partition coefficient (Wildman–Crippen LogP) is 2.45. The summed E-state index contributed by atoms with van der Waals surface area (Å²) in [5, 5.41) is 11.9. The number of hydrogen-bond acceptors (Lipinski definition) is 6. The number of aromatic nitrogens is 3. The van der Waals surface area contributed by atoms with Gasteiger partial charge in [0.2, 0.25) is 12.3 Å². The molecule has 0 aliphatic carbocycles. The molecule has 0 fully saturated rings. The average molecular weight is 272 g/mol. The van der Waals surface area contributed by atoms with Crippen LogP contribution in [0.5, 0.6) is 0 Å². The van der Waals surface area contributed by atoms with Crippen LogP contribution >= 0.6 is 11.3 Å². The fourth-order valence-corrected chi connectivity index (χ4v) is 2.05. The molecule has 0 aliphatic heterocycles. The number of anilines is 1. The van der Waals surface area contributed by atoms with E-state index in [1.165, 1.54) is 17.7 Å². The van der Waals surface area contributed by atoms with E-state index in [0.717, 1.165) is 5.56 Å². The molecule has 0 spiro atoms. The highest BCUT2D eigenvalue weighted by Gasteiger charge is 2.08. The number of thiazole rings is 1. The van der Waals surface area contributed by atoms with Crippen LogP contribution < -0.4 is 5.32 Å². The van der Waals surface area contributed by atoms with Gasteiger partial charge in [-0.2, -0.15) is 0 Å². The van der Waals surface area contributed by atoms with Crippen LogP contribution in [0.3, 0.4) is 0 Å². The molecule has 19 heavy (non-hydrogen) atoms. The van der Waals surface area contributed by atoms with Gasteiger partial charge in [-0.1, -0.05) is 0 Å². The van der Waals surface area contributed by atoms with Crippen LogP contribution in [0.2, 0.25) is 0 Å². The third kappa shape index (κ3) is 2.50. The molecule has 7 heteroatoms. The number of carbonyl (C=O) groups excluding carboxylic acids is 1. The van der Waals surface area contributed by atoms with Crippen LogP contribution in [-0.4, -0.2) is 21.1 Å². The van der Waals surface area contributed by atoms with Gasteiger partial charge in [-0.3, -0.25) is 4.79 Å². The van der Waals surface area contributed by atoms with Gasteiger partial charge in [0.15, 0.2) is 0 Å². The van der Waals surface area contributed by atoms with E-state index in [2.05, 4.69) is 20.5 Å². The molecule has 2 aromatic heterocycles. The highest BCUT2D eigenvalue weighted by atomic mass is 32.1. The molecule has 1 N–H and O–H groups in total. The Bertz CT molecular complexity index is 662. The maximum atomic E-state index is 11.8. The molecular formula is C12H8N4O2S. The fraction of sp³-hybridized carbons (Fsp3) is 0. The second-order valence-corrected chi connectivity index (χ2v) is 4.37. The molecule has 1 amide bonds. The monoisotopic (exact) mass is 272 g/mol. The Labute approximate surface area is 112 Å². The van der Waals surface area contributed by atoms with Crippen LogP contribution in [0, 0.1) is 0 Å². The summed E-state index contributed by atoms with van der Waals surface area (Å²) in [6.45, 7) is 0. The Kier molecular flexibility index (Phi) is 3.03. The Morgan fingerprint density at radius 2 is 2.11 bits per heavy atom. The lowest BCUT2D eigenvalue weighted by atomic mass is 10.2. The number of nitrogens with zero attached hydrogens (tertiary/aromatic N) is 3. The summed E-state index contributed by atoms with van der Waals surface area (Å²) in [6, 6.07) is 7.13. The SMILES string of the molecule is O=C(Nc1ccc(-c2nnco2)cc1)c1cscn1. The lowest BCUT2D eigenvalue weighted by Gasteiger charge is -2.03. The lowest BCUT2D eigenvalue weighted by Crippen LogP contribution is -2.11. The normalized spacial score (nSPS) is 10.3. The largest absolute Gasteiger partial charge is 0.423 e. The van der Waals surface area contributed by atoms with Gasteiger partial charge in [-0.15, -0.1) is 21.5 Å². The van der Waals surface area contributed by atoms with Crippen molar-refractivity contribution < 1.29 is 9.21 Å². The number of nitrogens with one attached hydrogen (secondary N) is 1. The zero-order chi connectivity index (χ0) is 13.1. The van der Waals surface area contributed by atoms with E-state index in [-0.39, 0.29) is 5.91 Å². The maximum Gasteiger partial charge on any atom is 0.275 e. The van der Waals surface area contributed by atoms with Crippen molar-refractivity contribution in [2.24, 2.45) is 0 Å². The van der Waals surface area contributed by atoms with Crippen molar-refractivity contribution >= 4 is 22.9 Å². The van der Waals surface area contributed by atoms with Gasteiger partial charge in [0.05, 0.1) is 5.51 Å². The van der Waals surface area contributed by atoms with Crippen LogP contribution in [0.1, 0.15) is 10.5 Å². The first-order valence-electron chi connectivity index (χ1n) is 5.39. The summed E-state index contributed by atoms with van der Waals surface area (Å²) in [5.74, 6) is 0.212. The van der Waals surface area contributed by atoms with E-state index in [4.69, 9.17) is 4.42 Å². The lowest BCUT2D eigenvalue weighted by molar-refractivity contribution is 0.102. The summed E-state index contributed by atoms with van der Waals surface area (Å²) >= 11 is 1.38. The summed E-state index contributed by atoms with van der Waals surface area (Å²) in [6.07, 6.45) is 1.27. The van der Waals surface area contributed by atoms with Crippen LogP contribution in [0.25, 0.3) is 11.5 Å². The molecule has 0 aliphatic rings. The Morgan fingerprint density at radius 1 is 1.26 bits per heavy atom. The molecule has 0 saturated heterocycles. The topological polar surface area (TPSA) is 80.9 Å². The maximum absolute atomic E-state index is 11.8. The quantitative estimate of drug-likeness (QED) is 0.792. The van der Waals surface area contributed by atoms with Gasteiger partial charge >= 0.3 is 0 Å². The third-order valence-corrected chi connectivity index (χ3v) is 3.00. The van der Waals surface area contributed by atoms with Crippen LogP contribution in [0.4, 0.5) is 5.69 Å². The van der Waals surface area contributed by atoms with Gasteiger partial charge in [0, 0.05) is 16.6 Å². The molecule has 0 radical (unpaired) electrons. The Hall–Kier alpha value is -2.54. The highest BCUT2D eigenvalue weighted by molar-refractivity contribution is 7.07. The van der Waals surface area contributed by atoms with Gasteiger partial charge in [0.1, 0.15) is 5.69 Å². The molecule has 0 saturated carbocycles. The van der Waals surface area contributed by atoms with E-state index in [1.807, 2.05) is 0 Å². The smallest absolute Gasteiger partial charge is 0.275 e. The van der Waals surface area contributed by atoms with E-state index in [9.17, 15) is 4.79 Å². The third-order valence-electron chi connectivity index (χ3n) is 2.41. The zero-order valence-corrected chi connectivity index (χ0v) is 10.4. The molecular weight excluding hydrogens is 264 g/mol. The van der Waals surface area contributed by atoms with Crippen molar-refractivity contribution in [2.45, 2.75) is 0 Å². The standard InChI is InChI=1S/C12H8N4O2S/c17-11(10-5-19-7-13-10)15-9-3-1-8(2-4-9)12-16-14-6-18-12/h1-7H,(H,15,17). The summed E-state index contributed by atoms with van der Waals surface area (Å²) < 4.78 is 5.08.